The average Bonchev–Trinajstić information content (AvgIpc) is 3.85. The van der Waals surface area contributed by atoms with E-state index >= 15 is 0 Å². The number of esters is 1. The van der Waals surface area contributed by atoms with E-state index in [0.717, 1.165) is 0 Å². The molecule has 8 atom stereocenters. The van der Waals surface area contributed by atoms with E-state index in [-0.39, 0.29) is 25.5 Å². The Balaban J connectivity index is 1.34. The molecule has 3 aromatic rings. The summed E-state index contributed by atoms with van der Waals surface area (Å²) < 4.78 is 15.0. The number of hydrogen-bond acceptors (Lipinski definition) is 9. The van der Waals surface area contributed by atoms with Gasteiger partial charge in [0.05, 0.1) is 30.1 Å². The number of para-hydroxylation sites is 1. The number of aromatic nitrogens is 3. The Kier molecular flexibility index (Phi) is 9.12. The van der Waals surface area contributed by atoms with Crippen LogP contribution >= 0.6 is 15.9 Å². The van der Waals surface area contributed by atoms with Crippen molar-refractivity contribution in [3.63, 3.8) is 0 Å². The zero-order valence-corrected chi connectivity index (χ0v) is 29.5. The maximum absolute atomic E-state index is 15.0. The van der Waals surface area contributed by atoms with E-state index in [1.165, 1.54) is 4.90 Å². The molecule has 0 radical (unpaired) electrons. The molecule has 0 unspecified atom stereocenters. The monoisotopic (exact) mass is 746 g/mol. The van der Waals surface area contributed by atoms with Crippen LogP contribution in [0.1, 0.15) is 38.4 Å². The number of nitrogens with zero attached hydrogens (tertiary/aromatic N) is 6. The molecule has 262 valence electrons. The summed E-state index contributed by atoms with van der Waals surface area (Å²) in [5, 5.41) is 18.9. The highest BCUT2D eigenvalue weighted by molar-refractivity contribution is 9.11. The summed E-state index contributed by atoms with van der Waals surface area (Å²) >= 11 is 3.59. The quantitative estimate of drug-likeness (QED) is 0.308. The molecular formula is C36H39BrN6O7. The van der Waals surface area contributed by atoms with Crippen LogP contribution in [0.3, 0.4) is 0 Å². The number of aliphatic hydroxyl groups is 1. The molecule has 13 nitrogen and oxygen atoms in total. The number of hydrogen-bond donors (Lipinski definition) is 1. The van der Waals surface area contributed by atoms with Crippen LogP contribution in [0.25, 0.3) is 11.0 Å². The van der Waals surface area contributed by atoms with Crippen LogP contribution in [0.15, 0.2) is 77.3 Å². The summed E-state index contributed by atoms with van der Waals surface area (Å²) in [4.78, 5) is 61.9. The summed E-state index contributed by atoms with van der Waals surface area (Å²) in [6, 6.07) is 14.0. The average molecular weight is 748 g/mol. The molecule has 1 spiro atoms. The SMILES string of the molecule is C[C@@H]1[C@@H](c2ccccc2)OC(=O)[C@@H]2[C@H]3O[C@@]4(C=C3Br)[C@H](C(=O)N(Cn3nnc5ccccc53)C/C=C\CCC(=O)N1C)N([C@H](C)CO)C(=O)[C@@H]24. The summed E-state index contributed by atoms with van der Waals surface area (Å²) in [6.45, 7) is 3.19. The number of halogens is 1. The number of likely N-dealkylation sites (tertiary alicyclic amines) is 1. The molecule has 0 saturated carbocycles. The van der Waals surface area contributed by atoms with Gasteiger partial charge in [0.25, 0.3) is 5.91 Å². The van der Waals surface area contributed by atoms with Crippen molar-refractivity contribution >= 4 is 50.7 Å². The Morgan fingerprint density at radius 2 is 1.76 bits per heavy atom. The van der Waals surface area contributed by atoms with Crippen LogP contribution in [-0.2, 0) is 35.3 Å². The van der Waals surface area contributed by atoms with Gasteiger partial charge in [-0.3, -0.25) is 19.2 Å². The molecule has 5 bridgehead atoms. The molecule has 0 aliphatic carbocycles. The van der Waals surface area contributed by atoms with Gasteiger partial charge in [-0.1, -0.05) is 75.8 Å². The lowest BCUT2D eigenvalue weighted by molar-refractivity contribution is -0.164. The lowest BCUT2D eigenvalue weighted by Gasteiger charge is -2.37. The number of ether oxygens (including phenoxy) is 2. The second kappa shape index (κ2) is 13.4. The molecule has 1 N–H and O–H groups in total. The van der Waals surface area contributed by atoms with Crippen molar-refractivity contribution in [3.05, 3.63) is 82.9 Å². The van der Waals surface area contributed by atoms with Gasteiger partial charge >= 0.3 is 5.97 Å². The van der Waals surface area contributed by atoms with Gasteiger partial charge in [0.15, 0.2) is 0 Å². The van der Waals surface area contributed by atoms with Gasteiger partial charge in [-0.05, 0) is 44.0 Å². The maximum atomic E-state index is 15.0. The highest BCUT2D eigenvalue weighted by atomic mass is 79.9. The van der Waals surface area contributed by atoms with Crippen molar-refractivity contribution in [3.8, 4) is 0 Å². The van der Waals surface area contributed by atoms with Crippen molar-refractivity contribution < 1.29 is 33.8 Å². The summed E-state index contributed by atoms with van der Waals surface area (Å²) in [6.07, 6.45) is 4.28. The predicted octanol–water partition coefficient (Wildman–Crippen LogP) is 2.95. The van der Waals surface area contributed by atoms with Crippen molar-refractivity contribution in [2.24, 2.45) is 11.8 Å². The van der Waals surface area contributed by atoms with Crippen LogP contribution < -0.4 is 0 Å². The van der Waals surface area contributed by atoms with E-state index in [1.807, 2.05) is 73.7 Å². The van der Waals surface area contributed by atoms with Crippen molar-refractivity contribution in [2.45, 2.75) is 69.3 Å². The molecule has 1 aromatic heterocycles. The smallest absolute Gasteiger partial charge is 0.313 e. The third kappa shape index (κ3) is 5.53. The first kappa shape index (κ1) is 34.1. The first-order valence-electron chi connectivity index (χ1n) is 16.8. The zero-order valence-electron chi connectivity index (χ0n) is 28.0. The molecule has 7 rings (SSSR count). The third-order valence-corrected chi connectivity index (χ3v) is 11.2. The molecule has 2 fully saturated rings. The molecule has 4 aliphatic rings. The Labute approximate surface area is 297 Å². The fourth-order valence-electron chi connectivity index (χ4n) is 7.77. The van der Waals surface area contributed by atoms with E-state index in [1.54, 1.807) is 34.5 Å². The highest BCUT2D eigenvalue weighted by Crippen LogP contribution is 2.59. The summed E-state index contributed by atoms with van der Waals surface area (Å²) in [5.41, 5.74) is 0.539. The van der Waals surface area contributed by atoms with Gasteiger partial charge < -0.3 is 29.3 Å². The van der Waals surface area contributed by atoms with Crippen LogP contribution in [-0.4, -0.2) is 109 Å². The number of amides is 3. The van der Waals surface area contributed by atoms with Crippen LogP contribution in [0.5, 0.6) is 0 Å². The van der Waals surface area contributed by atoms with Gasteiger partial charge in [-0.15, -0.1) is 5.10 Å². The minimum Gasteiger partial charge on any atom is -0.455 e. The van der Waals surface area contributed by atoms with Gasteiger partial charge in [0, 0.05) is 24.5 Å². The van der Waals surface area contributed by atoms with Gasteiger partial charge in [0.2, 0.25) is 11.8 Å². The van der Waals surface area contributed by atoms with Gasteiger partial charge in [0.1, 0.15) is 42.0 Å². The third-order valence-electron chi connectivity index (χ3n) is 10.5. The number of likely N-dealkylation sites (N-methyl/N-ethyl adjacent to an activating group) is 1. The first-order chi connectivity index (χ1) is 24.1. The minimum absolute atomic E-state index is 0.00576. The number of aliphatic hydroxyl groups excluding tert-OH is 1. The molecule has 2 aromatic carbocycles. The predicted molar refractivity (Wildman–Crippen MR) is 184 cm³/mol. The number of allylic oxidation sites excluding steroid dienone is 1. The van der Waals surface area contributed by atoms with Crippen LogP contribution in [0.4, 0.5) is 0 Å². The van der Waals surface area contributed by atoms with Crippen molar-refractivity contribution in [1.82, 2.24) is 29.7 Å². The fraction of sp³-hybridized carbons (Fsp3) is 0.444. The van der Waals surface area contributed by atoms with E-state index in [0.29, 0.717) is 27.5 Å². The molecular weight excluding hydrogens is 708 g/mol. The minimum atomic E-state index is -1.52. The van der Waals surface area contributed by atoms with E-state index in [2.05, 4.69) is 26.2 Å². The lowest BCUT2D eigenvalue weighted by atomic mass is 9.74. The Bertz CT molecular complexity index is 1880. The maximum Gasteiger partial charge on any atom is 0.313 e. The van der Waals surface area contributed by atoms with Crippen LogP contribution in [0, 0.1) is 11.8 Å². The molecule has 3 amide bonds. The van der Waals surface area contributed by atoms with E-state index in [4.69, 9.17) is 9.47 Å². The number of fused-ring (bicyclic) bond motifs is 3. The summed E-state index contributed by atoms with van der Waals surface area (Å²) in [5.74, 6) is -3.95. The van der Waals surface area contributed by atoms with E-state index in [9.17, 15) is 24.3 Å². The molecule has 14 heteroatoms. The van der Waals surface area contributed by atoms with Gasteiger partial charge in [-0.25, -0.2) is 4.68 Å². The molecule has 5 heterocycles. The number of carbonyl (C=O) groups excluding carboxylic acids is 4. The second-order valence-corrected chi connectivity index (χ2v) is 14.3. The Morgan fingerprint density at radius 1 is 1.02 bits per heavy atom. The largest absolute Gasteiger partial charge is 0.455 e. The van der Waals surface area contributed by atoms with Crippen molar-refractivity contribution in [2.75, 3.05) is 20.2 Å². The standard InChI is InChI=1S/C36H39BrN6O7/c1-21(19-44)43-32-34(47)41(20-42-26-15-10-9-14-25(26)38-39-42)17-11-5-8-16-27(45)40(3)22(2)30(23-12-6-4-7-13-23)49-35(48)28-29(33(43)46)36(32)18-24(37)31(28)50-36/h4-7,9-15,18,21-22,28-32,44H,8,16-17,19-20H2,1-3H3/b11-5-/t21-,22-,28+,29-,30+,31+,32+,36-/m1/s1. The number of benzene rings is 2. The van der Waals surface area contributed by atoms with Crippen LogP contribution in [0.2, 0.25) is 0 Å². The molecule has 2 saturated heterocycles. The number of rotatable bonds is 5. The second-order valence-electron chi connectivity index (χ2n) is 13.4. The zero-order chi connectivity index (χ0) is 35.3. The number of cyclic esters (lactones) is 1. The molecule has 4 aliphatic heterocycles. The Hall–Kier alpha value is -4.40. The Morgan fingerprint density at radius 3 is 2.52 bits per heavy atom. The first-order valence-corrected chi connectivity index (χ1v) is 17.6. The molecule has 50 heavy (non-hydrogen) atoms. The van der Waals surface area contributed by atoms with Gasteiger partial charge in [-0.2, -0.15) is 0 Å². The van der Waals surface area contributed by atoms with E-state index < -0.39 is 72.2 Å². The summed E-state index contributed by atoms with van der Waals surface area (Å²) in [7, 11) is 1.69. The number of carbonyl (C=O) groups is 4. The fourth-order valence-corrected chi connectivity index (χ4v) is 8.50. The highest BCUT2D eigenvalue weighted by Gasteiger charge is 2.75. The lowest BCUT2D eigenvalue weighted by Crippen LogP contribution is -2.58. The van der Waals surface area contributed by atoms with Crippen molar-refractivity contribution in [1.29, 1.82) is 0 Å². The normalized spacial score (nSPS) is 31.6. The topological polar surface area (TPSA) is 147 Å².